The highest BCUT2D eigenvalue weighted by Crippen LogP contribution is 2.24. The molecule has 0 aliphatic carbocycles. The molecule has 3 nitrogen and oxygen atoms in total. The van der Waals surface area contributed by atoms with E-state index in [9.17, 15) is 4.79 Å². The van der Waals surface area contributed by atoms with E-state index in [0.29, 0.717) is 6.54 Å². The number of carbonyl (C=O) groups excluding carboxylic acids is 1. The summed E-state index contributed by atoms with van der Waals surface area (Å²) in [7, 11) is 0. The fourth-order valence-electron chi connectivity index (χ4n) is 2.94. The molecule has 1 saturated heterocycles. The van der Waals surface area contributed by atoms with Gasteiger partial charge in [-0.05, 0) is 49.9 Å². The molecule has 20 heavy (non-hydrogen) atoms. The summed E-state index contributed by atoms with van der Waals surface area (Å²) in [5.41, 5.74) is 0.824. The summed E-state index contributed by atoms with van der Waals surface area (Å²) >= 11 is 5.96. The van der Waals surface area contributed by atoms with Crippen LogP contribution in [0, 0.1) is 0 Å². The maximum Gasteiger partial charge on any atom is 0.240 e. The molecule has 1 atom stereocenters. The Morgan fingerprint density at radius 3 is 3.00 bits per heavy atom. The zero-order valence-corrected chi connectivity index (χ0v) is 12.8. The molecule has 1 aliphatic heterocycles. The van der Waals surface area contributed by atoms with E-state index < -0.39 is 0 Å². The summed E-state index contributed by atoms with van der Waals surface area (Å²) in [6.45, 7) is 3.73. The van der Waals surface area contributed by atoms with Gasteiger partial charge < -0.3 is 10.6 Å². The third-order valence-corrected chi connectivity index (χ3v) is 4.18. The second-order valence-corrected chi connectivity index (χ2v) is 5.93. The summed E-state index contributed by atoms with van der Waals surface area (Å²) < 4.78 is 0. The van der Waals surface area contributed by atoms with E-state index in [1.54, 1.807) is 0 Å². The lowest BCUT2D eigenvalue weighted by atomic mass is 9.91. The van der Waals surface area contributed by atoms with Gasteiger partial charge in [0, 0.05) is 11.6 Å². The third kappa shape index (κ3) is 3.74. The normalized spacial score (nSPS) is 21.9. The van der Waals surface area contributed by atoms with Crippen molar-refractivity contribution in [1.29, 1.82) is 0 Å². The van der Waals surface area contributed by atoms with E-state index >= 15 is 0 Å². The smallest absolute Gasteiger partial charge is 0.240 e. The molecule has 1 fully saturated rings. The molecule has 1 heterocycles. The highest BCUT2D eigenvalue weighted by Gasteiger charge is 2.39. The Hall–Kier alpha value is -1.06. The average Bonchev–Trinajstić information content (AvgIpc) is 2.89. The van der Waals surface area contributed by atoms with Crippen molar-refractivity contribution in [2.45, 2.75) is 44.6 Å². The van der Waals surface area contributed by atoms with Gasteiger partial charge in [0.2, 0.25) is 5.91 Å². The van der Waals surface area contributed by atoms with Gasteiger partial charge in [-0.15, -0.1) is 0 Å². The van der Waals surface area contributed by atoms with Crippen LogP contribution in [0.2, 0.25) is 5.02 Å². The number of benzene rings is 1. The second kappa shape index (κ2) is 7.09. The number of carbonyl (C=O) groups is 1. The van der Waals surface area contributed by atoms with E-state index in [1.165, 1.54) is 0 Å². The minimum atomic E-state index is -0.330. The molecule has 0 saturated carbocycles. The predicted molar refractivity (Wildman–Crippen MR) is 83.0 cm³/mol. The fourth-order valence-corrected chi connectivity index (χ4v) is 3.15. The topological polar surface area (TPSA) is 41.1 Å². The standard InChI is InChI=1S/C16H23ClN2O/c1-2-8-16(9-4-10-19-16)15(20)18-11-7-13-5-3-6-14(17)12-13/h3,5-6,12,19H,2,4,7-11H2,1H3,(H,18,20). The molecule has 110 valence electrons. The van der Waals surface area contributed by atoms with Crippen LogP contribution < -0.4 is 10.6 Å². The molecular weight excluding hydrogens is 272 g/mol. The molecule has 0 aromatic heterocycles. The number of hydrogen-bond donors (Lipinski definition) is 2. The van der Waals surface area contributed by atoms with Crippen molar-refractivity contribution < 1.29 is 4.79 Å². The van der Waals surface area contributed by atoms with Crippen molar-refractivity contribution >= 4 is 17.5 Å². The van der Waals surface area contributed by atoms with Gasteiger partial charge >= 0.3 is 0 Å². The summed E-state index contributed by atoms with van der Waals surface area (Å²) in [5, 5.41) is 7.21. The van der Waals surface area contributed by atoms with Crippen LogP contribution in [0.5, 0.6) is 0 Å². The van der Waals surface area contributed by atoms with Crippen LogP contribution in [0.25, 0.3) is 0 Å². The molecule has 1 aromatic rings. The van der Waals surface area contributed by atoms with Crippen LogP contribution in [0.1, 0.15) is 38.2 Å². The van der Waals surface area contributed by atoms with Gasteiger partial charge in [0.15, 0.2) is 0 Å². The lowest BCUT2D eigenvalue weighted by Crippen LogP contribution is -2.53. The van der Waals surface area contributed by atoms with E-state index in [4.69, 9.17) is 11.6 Å². The predicted octanol–water partition coefficient (Wildman–Crippen LogP) is 2.92. The molecule has 0 spiro atoms. The largest absolute Gasteiger partial charge is 0.354 e. The lowest BCUT2D eigenvalue weighted by molar-refractivity contribution is -0.127. The van der Waals surface area contributed by atoms with Crippen LogP contribution in [0.3, 0.4) is 0 Å². The van der Waals surface area contributed by atoms with E-state index in [0.717, 1.165) is 49.2 Å². The van der Waals surface area contributed by atoms with Crippen LogP contribution in [0.15, 0.2) is 24.3 Å². The minimum absolute atomic E-state index is 0.152. The lowest BCUT2D eigenvalue weighted by Gasteiger charge is -2.27. The van der Waals surface area contributed by atoms with Gasteiger partial charge in [-0.2, -0.15) is 0 Å². The van der Waals surface area contributed by atoms with Crippen molar-refractivity contribution in [2.75, 3.05) is 13.1 Å². The molecule has 1 aromatic carbocycles. The molecule has 2 N–H and O–H groups in total. The monoisotopic (exact) mass is 294 g/mol. The maximum atomic E-state index is 12.4. The Morgan fingerprint density at radius 1 is 1.50 bits per heavy atom. The highest BCUT2D eigenvalue weighted by molar-refractivity contribution is 6.30. The second-order valence-electron chi connectivity index (χ2n) is 5.50. The zero-order valence-electron chi connectivity index (χ0n) is 12.0. The van der Waals surface area contributed by atoms with Crippen molar-refractivity contribution in [1.82, 2.24) is 10.6 Å². The Labute approximate surface area is 126 Å². The Bertz CT molecular complexity index is 456. The number of rotatable bonds is 6. The van der Waals surface area contributed by atoms with Crippen LogP contribution in [0.4, 0.5) is 0 Å². The SMILES string of the molecule is CCCC1(C(=O)NCCc2cccc(Cl)c2)CCCN1. The van der Waals surface area contributed by atoms with Crippen molar-refractivity contribution in [3.63, 3.8) is 0 Å². The molecular formula is C16H23ClN2O. The summed E-state index contributed by atoms with van der Waals surface area (Å²) in [6.07, 6.45) is 4.78. The van der Waals surface area contributed by atoms with Crippen molar-refractivity contribution in [3.05, 3.63) is 34.9 Å². The first kappa shape index (κ1) is 15.3. The number of halogens is 1. The van der Waals surface area contributed by atoms with Crippen molar-refractivity contribution in [2.24, 2.45) is 0 Å². The van der Waals surface area contributed by atoms with Gasteiger partial charge in [0.05, 0.1) is 5.54 Å². The minimum Gasteiger partial charge on any atom is -0.354 e. The molecule has 1 unspecified atom stereocenters. The van der Waals surface area contributed by atoms with Crippen molar-refractivity contribution in [3.8, 4) is 0 Å². The third-order valence-electron chi connectivity index (χ3n) is 3.94. The summed E-state index contributed by atoms with van der Waals surface area (Å²) in [5.74, 6) is 0.152. The number of amides is 1. The van der Waals surface area contributed by atoms with Gasteiger partial charge in [-0.1, -0.05) is 37.1 Å². The molecule has 2 rings (SSSR count). The van der Waals surface area contributed by atoms with Crippen LogP contribution >= 0.6 is 11.6 Å². The first-order valence-corrected chi connectivity index (χ1v) is 7.82. The fraction of sp³-hybridized carbons (Fsp3) is 0.562. The summed E-state index contributed by atoms with van der Waals surface area (Å²) in [6, 6.07) is 7.79. The zero-order chi connectivity index (χ0) is 14.4. The van der Waals surface area contributed by atoms with Gasteiger partial charge in [0.1, 0.15) is 0 Å². The van der Waals surface area contributed by atoms with Gasteiger partial charge in [0.25, 0.3) is 0 Å². The first-order valence-electron chi connectivity index (χ1n) is 7.44. The number of nitrogens with one attached hydrogen (secondary N) is 2. The maximum absolute atomic E-state index is 12.4. The summed E-state index contributed by atoms with van der Waals surface area (Å²) in [4.78, 5) is 12.4. The first-order chi connectivity index (χ1) is 9.66. The average molecular weight is 295 g/mol. The van der Waals surface area contributed by atoms with E-state index in [-0.39, 0.29) is 11.4 Å². The van der Waals surface area contributed by atoms with E-state index in [2.05, 4.69) is 17.6 Å². The molecule has 1 amide bonds. The van der Waals surface area contributed by atoms with Crippen LogP contribution in [-0.4, -0.2) is 24.5 Å². The molecule has 0 bridgehead atoms. The highest BCUT2D eigenvalue weighted by atomic mass is 35.5. The number of hydrogen-bond acceptors (Lipinski definition) is 2. The van der Waals surface area contributed by atoms with Gasteiger partial charge in [-0.3, -0.25) is 4.79 Å². The Balaban J connectivity index is 1.85. The Morgan fingerprint density at radius 2 is 2.35 bits per heavy atom. The quantitative estimate of drug-likeness (QED) is 0.847. The molecule has 0 radical (unpaired) electrons. The Kier molecular flexibility index (Phi) is 5.44. The molecule has 4 heteroatoms. The molecule has 1 aliphatic rings. The van der Waals surface area contributed by atoms with Crippen LogP contribution in [-0.2, 0) is 11.2 Å². The van der Waals surface area contributed by atoms with Gasteiger partial charge in [-0.25, -0.2) is 0 Å². The van der Waals surface area contributed by atoms with E-state index in [1.807, 2.05) is 24.3 Å².